The van der Waals surface area contributed by atoms with E-state index >= 15 is 0 Å². The van der Waals surface area contributed by atoms with Crippen LogP contribution in [0.1, 0.15) is 26.2 Å². The summed E-state index contributed by atoms with van der Waals surface area (Å²) < 4.78 is 13.3. The summed E-state index contributed by atoms with van der Waals surface area (Å²) in [5.41, 5.74) is 0. The first-order valence-electron chi connectivity index (χ1n) is 4.77. The minimum Gasteiger partial charge on any atom is -0.388 e. The molecule has 0 radical (unpaired) electrons. The molecule has 4 heteroatoms. The van der Waals surface area contributed by atoms with Crippen molar-refractivity contribution in [1.29, 1.82) is 0 Å². The van der Waals surface area contributed by atoms with Gasteiger partial charge in [0, 0.05) is 13.7 Å². The van der Waals surface area contributed by atoms with Gasteiger partial charge in [-0.15, -0.1) is 0 Å². The lowest BCUT2D eigenvalue weighted by molar-refractivity contribution is 0.162. The summed E-state index contributed by atoms with van der Waals surface area (Å²) in [5.74, 6) is 0. The van der Waals surface area contributed by atoms with Crippen LogP contribution in [0.3, 0.4) is 0 Å². The van der Waals surface area contributed by atoms with Gasteiger partial charge in [0.15, 0.2) is 0 Å². The van der Waals surface area contributed by atoms with Gasteiger partial charge in [-0.2, -0.15) is 0 Å². The molecule has 1 rings (SSSR count). The zero-order valence-corrected chi connectivity index (χ0v) is 9.24. The third-order valence-electron chi connectivity index (χ3n) is 2.20. The van der Waals surface area contributed by atoms with E-state index in [0.29, 0.717) is 0 Å². The normalized spacial score (nSPS) is 22.5. The number of nitrogens with zero attached hydrogens (tertiary/aromatic N) is 1. The van der Waals surface area contributed by atoms with Crippen LogP contribution in [0, 0.1) is 0 Å². The molecule has 1 unspecified atom stereocenters. The van der Waals surface area contributed by atoms with Crippen LogP contribution < -0.4 is 0 Å². The molecule has 72 valence electrons. The van der Waals surface area contributed by atoms with Crippen molar-refractivity contribution in [1.82, 2.24) is 4.57 Å². The van der Waals surface area contributed by atoms with Crippen molar-refractivity contribution in [2.45, 2.75) is 26.2 Å². The highest BCUT2D eigenvalue weighted by molar-refractivity contribution is 6.40. The molecule has 0 aromatic carbocycles. The predicted molar refractivity (Wildman–Crippen MR) is 51.2 cm³/mol. The average Bonchev–Trinajstić information content (AvgIpc) is 2.15. The Labute approximate surface area is 76.6 Å². The summed E-state index contributed by atoms with van der Waals surface area (Å²) in [5, 5.41) is 0. The summed E-state index contributed by atoms with van der Waals surface area (Å²) in [6, 6.07) is 0. The lowest BCUT2D eigenvalue weighted by Crippen LogP contribution is -2.46. The molecule has 0 aromatic heterocycles. The molecular formula is C8H19NO2Si. The smallest absolute Gasteiger partial charge is 0.388 e. The van der Waals surface area contributed by atoms with E-state index in [1.807, 2.05) is 6.92 Å². The summed E-state index contributed by atoms with van der Waals surface area (Å²) in [4.78, 5) is 0. The molecule has 1 saturated heterocycles. The molecule has 0 saturated carbocycles. The fourth-order valence-corrected chi connectivity index (χ4v) is 3.31. The SMILES string of the molecule is CCO[SiH](OC)N1CCCCC1. The van der Waals surface area contributed by atoms with Crippen LogP contribution in [0.5, 0.6) is 0 Å². The highest BCUT2D eigenvalue weighted by Gasteiger charge is 2.23. The van der Waals surface area contributed by atoms with Crippen molar-refractivity contribution >= 4 is 9.45 Å². The molecule has 0 spiro atoms. The van der Waals surface area contributed by atoms with Crippen LogP contribution in [-0.2, 0) is 8.85 Å². The third kappa shape index (κ3) is 2.86. The largest absolute Gasteiger partial charge is 0.410 e. The van der Waals surface area contributed by atoms with Gasteiger partial charge in [0.1, 0.15) is 0 Å². The Hall–Kier alpha value is 0.0969. The first-order valence-corrected chi connectivity index (χ1v) is 6.23. The van der Waals surface area contributed by atoms with E-state index in [0.717, 1.165) is 6.61 Å². The number of piperidine rings is 1. The van der Waals surface area contributed by atoms with E-state index in [2.05, 4.69) is 4.57 Å². The average molecular weight is 189 g/mol. The molecule has 1 fully saturated rings. The predicted octanol–water partition coefficient (Wildman–Crippen LogP) is 0.872. The van der Waals surface area contributed by atoms with E-state index in [-0.39, 0.29) is 0 Å². The van der Waals surface area contributed by atoms with Gasteiger partial charge >= 0.3 is 9.45 Å². The molecule has 0 aromatic rings. The summed E-state index contributed by atoms with van der Waals surface area (Å²) in [7, 11) is 0.304. The molecule has 0 N–H and O–H groups in total. The third-order valence-corrected chi connectivity index (χ3v) is 4.33. The van der Waals surface area contributed by atoms with Crippen LogP contribution in [0.4, 0.5) is 0 Å². The summed E-state index contributed by atoms with van der Waals surface area (Å²) in [6.45, 7) is 5.15. The van der Waals surface area contributed by atoms with Crippen molar-refractivity contribution in [3.63, 3.8) is 0 Å². The Morgan fingerprint density at radius 3 is 2.42 bits per heavy atom. The second kappa shape index (κ2) is 5.69. The minimum atomic E-state index is -1.46. The quantitative estimate of drug-likeness (QED) is 0.613. The van der Waals surface area contributed by atoms with Gasteiger partial charge in [-0.25, -0.2) is 0 Å². The standard InChI is InChI=1S/C8H19NO2Si/c1-3-11-12(10-2)9-7-5-4-6-8-9/h12H,3-8H2,1-2H3. The Kier molecular flexibility index (Phi) is 4.83. The molecule has 1 atom stereocenters. The van der Waals surface area contributed by atoms with Gasteiger partial charge < -0.3 is 8.85 Å². The Balaban J connectivity index is 2.29. The summed E-state index contributed by atoms with van der Waals surface area (Å²) in [6.07, 6.45) is 3.98. The van der Waals surface area contributed by atoms with Crippen molar-refractivity contribution in [3.8, 4) is 0 Å². The lowest BCUT2D eigenvalue weighted by Gasteiger charge is -2.30. The van der Waals surface area contributed by atoms with Gasteiger partial charge in [-0.3, -0.25) is 4.57 Å². The van der Waals surface area contributed by atoms with Crippen LogP contribution in [0.25, 0.3) is 0 Å². The molecule has 3 nitrogen and oxygen atoms in total. The lowest BCUT2D eigenvalue weighted by atomic mass is 10.2. The summed E-state index contributed by atoms with van der Waals surface area (Å²) >= 11 is 0. The van der Waals surface area contributed by atoms with Gasteiger partial charge in [-0.1, -0.05) is 6.42 Å². The van der Waals surface area contributed by atoms with Crippen molar-refractivity contribution in [3.05, 3.63) is 0 Å². The van der Waals surface area contributed by atoms with E-state index in [4.69, 9.17) is 8.85 Å². The monoisotopic (exact) mass is 189 g/mol. The minimum absolute atomic E-state index is 0.779. The van der Waals surface area contributed by atoms with Crippen molar-refractivity contribution in [2.75, 3.05) is 26.8 Å². The molecule has 0 aliphatic carbocycles. The van der Waals surface area contributed by atoms with E-state index < -0.39 is 9.45 Å². The van der Waals surface area contributed by atoms with Crippen molar-refractivity contribution < 1.29 is 8.85 Å². The molecular weight excluding hydrogens is 170 g/mol. The molecule has 12 heavy (non-hydrogen) atoms. The topological polar surface area (TPSA) is 21.7 Å². The van der Waals surface area contributed by atoms with Gasteiger partial charge in [0.2, 0.25) is 0 Å². The molecule has 0 amide bonds. The van der Waals surface area contributed by atoms with Gasteiger partial charge in [-0.05, 0) is 32.9 Å². The first kappa shape index (κ1) is 10.2. The number of rotatable bonds is 4. The van der Waals surface area contributed by atoms with E-state index in [1.165, 1.54) is 32.4 Å². The number of hydrogen-bond donors (Lipinski definition) is 0. The van der Waals surface area contributed by atoms with E-state index in [1.54, 1.807) is 7.11 Å². The van der Waals surface area contributed by atoms with Crippen LogP contribution >= 0.6 is 0 Å². The number of hydrogen-bond acceptors (Lipinski definition) is 3. The first-order chi connectivity index (χ1) is 5.88. The van der Waals surface area contributed by atoms with Crippen LogP contribution in [-0.4, -0.2) is 40.8 Å². The highest BCUT2D eigenvalue weighted by atomic mass is 28.3. The molecule has 1 aliphatic rings. The fourth-order valence-electron chi connectivity index (χ4n) is 1.59. The second-order valence-electron chi connectivity index (χ2n) is 3.09. The molecule has 0 bridgehead atoms. The zero-order valence-electron chi connectivity index (χ0n) is 8.08. The Morgan fingerprint density at radius 2 is 1.92 bits per heavy atom. The maximum absolute atomic E-state index is 5.57. The van der Waals surface area contributed by atoms with Gasteiger partial charge in [0.25, 0.3) is 0 Å². The van der Waals surface area contributed by atoms with Crippen molar-refractivity contribution in [2.24, 2.45) is 0 Å². The van der Waals surface area contributed by atoms with Crippen LogP contribution in [0.2, 0.25) is 0 Å². The van der Waals surface area contributed by atoms with E-state index in [9.17, 15) is 0 Å². The molecule has 1 heterocycles. The second-order valence-corrected chi connectivity index (χ2v) is 5.24. The Morgan fingerprint density at radius 1 is 1.25 bits per heavy atom. The zero-order chi connectivity index (χ0) is 8.81. The molecule has 1 aliphatic heterocycles. The Bertz CT molecular complexity index is 115. The maximum Gasteiger partial charge on any atom is 0.410 e. The van der Waals surface area contributed by atoms with Gasteiger partial charge in [0.05, 0.1) is 0 Å². The fraction of sp³-hybridized carbons (Fsp3) is 1.00. The maximum atomic E-state index is 5.57. The highest BCUT2D eigenvalue weighted by Crippen LogP contribution is 2.10. The van der Waals surface area contributed by atoms with Crippen LogP contribution in [0.15, 0.2) is 0 Å².